The number of hydrogen-bond acceptors (Lipinski definition) is 3. The van der Waals surface area contributed by atoms with E-state index in [-0.39, 0.29) is 11.9 Å². The van der Waals surface area contributed by atoms with Gasteiger partial charge in [-0.1, -0.05) is 43.2 Å². The van der Waals surface area contributed by atoms with Gasteiger partial charge in [0.25, 0.3) is 5.91 Å². The monoisotopic (exact) mass is 297 g/mol. The van der Waals surface area contributed by atoms with Gasteiger partial charge in [-0.05, 0) is 35.2 Å². The van der Waals surface area contributed by atoms with Crippen LogP contribution in [0.4, 0.5) is 0 Å². The van der Waals surface area contributed by atoms with Crippen LogP contribution >= 0.6 is 0 Å². The average Bonchev–Trinajstić information content (AvgIpc) is 3.37. The minimum atomic E-state index is -0.559. The van der Waals surface area contributed by atoms with Crippen LogP contribution in [0, 0.1) is 5.92 Å². The maximum atomic E-state index is 12.4. The van der Waals surface area contributed by atoms with Crippen molar-refractivity contribution in [1.82, 2.24) is 5.32 Å². The minimum Gasteiger partial charge on any atom is -0.467 e. The molecule has 1 fully saturated rings. The molecule has 2 aromatic carbocycles. The topological polar surface area (TPSA) is 55.4 Å². The van der Waals surface area contributed by atoms with Crippen molar-refractivity contribution in [3.05, 3.63) is 48.0 Å². The SMILES string of the molecule is COC(=O)[C@H](CC1CC1)NC(=O)c1ccc2ccccc2c1. The molecular formula is C18H19NO3. The first kappa shape index (κ1) is 14.6. The molecule has 0 saturated heterocycles. The predicted octanol–water partition coefficient (Wildman–Crippen LogP) is 2.91. The highest BCUT2D eigenvalue weighted by Crippen LogP contribution is 2.33. The van der Waals surface area contributed by atoms with Crippen molar-refractivity contribution in [2.75, 3.05) is 7.11 Å². The van der Waals surface area contributed by atoms with E-state index >= 15 is 0 Å². The Hall–Kier alpha value is -2.36. The van der Waals surface area contributed by atoms with E-state index in [0.29, 0.717) is 17.9 Å². The van der Waals surface area contributed by atoms with Crippen molar-refractivity contribution in [2.45, 2.75) is 25.3 Å². The fraction of sp³-hybridized carbons (Fsp3) is 0.333. The Labute approximate surface area is 129 Å². The molecule has 114 valence electrons. The number of benzene rings is 2. The number of rotatable bonds is 5. The average molecular weight is 297 g/mol. The van der Waals surface area contributed by atoms with E-state index in [1.54, 1.807) is 6.07 Å². The Balaban J connectivity index is 1.76. The molecule has 0 unspecified atom stereocenters. The Bertz CT molecular complexity index is 706. The van der Waals surface area contributed by atoms with Crippen molar-refractivity contribution in [2.24, 2.45) is 5.92 Å². The molecule has 1 amide bonds. The fourth-order valence-electron chi connectivity index (χ4n) is 2.62. The van der Waals surface area contributed by atoms with Gasteiger partial charge in [-0.25, -0.2) is 4.79 Å². The first-order valence-electron chi connectivity index (χ1n) is 7.55. The Morgan fingerprint density at radius 1 is 1.18 bits per heavy atom. The number of amides is 1. The molecule has 0 spiro atoms. The van der Waals surface area contributed by atoms with Crippen molar-refractivity contribution < 1.29 is 14.3 Å². The molecule has 3 rings (SSSR count). The number of methoxy groups -OCH3 is 1. The predicted molar refractivity (Wildman–Crippen MR) is 84.6 cm³/mol. The van der Waals surface area contributed by atoms with Gasteiger partial charge in [0.15, 0.2) is 0 Å². The zero-order chi connectivity index (χ0) is 15.5. The summed E-state index contributed by atoms with van der Waals surface area (Å²) in [6.07, 6.45) is 2.91. The van der Waals surface area contributed by atoms with Crippen molar-refractivity contribution in [3.8, 4) is 0 Å². The molecule has 0 aromatic heterocycles. The van der Waals surface area contributed by atoms with Crippen LogP contribution < -0.4 is 5.32 Å². The second-order valence-corrected chi connectivity index (χ2v) is 5.79. The van der Waals surface area contributed by atoms with Gasteiger partial charge in [-0.3, -0.25) is 4.79 Å². The van der Waals surface area contributed by atoms with Gasteiger partial charge in [0.1, 0.15) is 6.04 Å². The number of fused-ring (bicyclic) bond motifs is 1. The molecule has 0 radical (unpaired) electrons. The number of hydrogen-bond donors (Lipinski definition) is 1. The fourth-order valence-corrected chi connectivity index (χ4v) is 2.62. The van der Waals surface area contributed by atoms with E-state index in [9.17, 15) is 9.59 Å². The minimum absolute atomic E-state index is 0.234. The van der Waals surface area contributed by atoms with E-state index in [1.165, 1.54) is 7.11 Å². The lowest BCUT2D eigenvalue weighted by Crippen LogP contribution is -2.41. The molecule has 0 bridgehead atoms. The summed E-state index contributed by atoms with van der Waals surface area (Å²) in [6, 6.07) is 12.9. The first-order valence-corrected chi connectivity index (χ1v) is 7.55. The molecule has 22 heavy (non-hydrogen) atoms. The molecule has 0 heterocycles. The molecule has 4 nitrogen and oxygen atoms in total. The van der Waals surface area contributed by atoms with Crippen molar-refractivity contribution >= 4 is 22.6 Å². The van der Waals surface area contributed by atoms with Gasteiger partial charge in [0.05, 0.1) is 7.11 Å². The molecular weight excluding hydrogens is 278 g/mol. The Kier molecular flexibility index (Phi) is 4.09. The molecule has 1 aliphatic carbocycles. The van der Waals surface area contributed by atoms with Crippen LogP contribution in [0.15, 0.2) is 42.5 Å². The quantitative estimate of drug-likeness (QED) is 0.863. The van der Waals surface area contributed by atoms with E-state index in [4.69, 9.17) is 4.74 Å². The lowest BCUT2D eigenvalue weighted by molar-refractivity contribution is -0.143. The highest BCUT2D eigenvalue weighted by atomic mass is 16.5. The van der Waals surface area contributed by atoms with Gasteiger partial charge in [0.2, 0.25) is 0 Å². The number of carbonyl (C=O) groups is 2. The summed E-state index contributed by atoms with van der Waals surface area (Å²) in [5.74, 6) is -0.0798. The molecule has 0 aliphatic heterocycles. The van der Waals surface area contributed by atoms with E-state index in [0.717, 1.165) is 23.6 Å². The van der Waals surface area contributed by atoms with Crippen molar-refractivity contribution in [1.29, 1.82) is 0 Å². The smallest absolute Gasteiger partial charge is 0.328 e. The maximum absolute atomic E-state index is 12.4. The second kappa shape index (κ2) is 6.18. The van der Waals surface area contributed by atoms with Crippen molar-refractivity contribution in [3.63, 3.8) is 0 Å². The summed E-state index contributed by atoms with van der Waals surface area (Å²) in [5.41, 5.74) is 0.559. The third-order valence-electron chi connectivity index (χ3n) is 4.07. The number of nitrogens with one attached hydrogen (secondary N) is 1. The molecule has 1 saturated carbocycles. The van der Waals surface area contributed by atoms with Crippen LogP contribution in [0.25, 0.3) is 10.8 Å². The Morgan fingerprint density at radius 2 is 1.91 bits per heavy atom. The Morgan fingerprint density at radius 3 is 2.59 bits per heavy atom. The largest absolute Gasteiger partial charge is 0.467 e. The van der Waals surface area contributed by atoms with Gasteiger partial charge < -0.3 is 10.1 Å². The summed E-state index contributed by atoms with van der Waals surface area (Å²) in [5, 5.41) is 4.90. The van der Waals surface area contributed by atoms with Crippen LogP contribution in [-0.2, 0) is 9.53 Å². The third kappa shape index (κ3) is 3.27. The molecule has 1 atom stereocenters. The van der Waals surface area contributed by atoms with E-state index in [1.807, 2.05) is 36.4 Å². The summed E-state index contributed by atoms with van der Waals surface area (Å²) in [4.78, 5) is 24.2. The maximum Gasteiger partial charge on any atom is 0.328 e. The number of ether oxygens (including phenoxy) is 1. The summed E-state index contributed by atoms with van der Waals surface area (Å²) >= 11 is 0. The zero-order valence-electron chi connectivity index (χ0n) is 12.5. The standard InChI is InChI=1S/C18H19NO3/c1-22-18(21)16(10-12-6-7-12)19-17(20)15-9-8-13-4-2-3-5-14(13)11-15/h2-5,8-9,11-12,16H,6-7,10H2,1H3,(H,19,20)/t16-/m0/s1. The van der Waals surface area contributed by atoms with Crippen LogP contribution in [-0.4, -0.2) is 25.0 Å². The summed E-state index contributed by atoms with van der Waals surface area (Å²) in [7, 11) is 1.35. The van der Waals surface area contributed by atoms with Crippen LogP contribution in [0.5, 0.6) is 0 Å². The molecule has 1 N–H and O–H groups in total. The third-order valence-corrected chi connectivity index (χ3v) is 4.07. The second-order valence-electron chi connectivity index (χ2n) is 5.79. The zero-order valence-corrected chi connectivity index (χ0v) is 12.5. The van der Waals surface area contributed by atoms with Gasteiger partial charge in [-0.15, -0.1) is 0 Å². The normalized spacial score (nSPS) is 15.3. The van der Waals surface area contributed by atoms with Crippen LogP contribution in [0.3, 0.4) is 0 Å². The lowest BCUT2D eigenvalue weighted by Gasteiger charge is -2.16. The van der Waals surface area contributed by atoms with E-state index < -0.39 is 6.04 Å². The van der Waals surface area contributed by atoms with Crippen LogP contribution in [0.1, 0.15) is 29.6 Å². The summed E-state index contributed by atoms with van der Waals surface area (Å²) in [6.45, 7) is 0. The number of esters is 1. The lowest BCUT2D eigenvalue weighted by atomic mass is 10.1. The highest BCUT2D eigenvalue weighted by molar-refractivity contribution is 6.00. The molecule has 1 aliphatic rings. The summed E-state index contributed by atoms with van der Waals surface area (Å²) < 4.78 is 4.79. The molecule has 2 aromatic rings. The van der Waals surface area contributed by atoms with Gasteiger partial charge in [0, 0.05) is 5.56 Å². The first-order chi connectivity index (χ1) is 10.7. The van der Waals surface area contributed by atoms with Gasteiger partial charge in [-0.2, -0.15) is 0 Å². The highest BCUT2D eigenvalue weighted by Gasteiger charge is 2.31. The van der Waals surface area contributed by atoms with Crippen LogP contribution in [0.2, 0.25) is 0 Å². The van der Waals surface area contributed by atoms with Gasteiger partial charge >= 0.3 is 5.97 Å². The van der Waals surface area contributed by atoms with E-state index in [2.05, 4.69) is 5.32 Å². The number of carbonyl (C=O) groups excluding carboxylic acids is 2. The molecule has 4 heteroatoms.